The standard InChI is InChI=1S/C6H4Cl2.C5H7NO3/c7-5-2-1-3-6(8)4-5;1-3-2-4(5(7)8)6-9-3/h1-4H;3H,2H2,1H3,(H,7,8). The van der Waals surface area contributed by atoms with Gasteiger partial charge in [-0.25, -0.2) is 4.79 Å². The number of benzene rings is 1. The molecule has 0 spiro atoms. The quantitative estimate of drug-likeness (QED) is 0.856. The van der Waals surface area contributed by atoms with E-state index in [0.29, 0.717) is 16.5 Å². The van der Waals surface area contributed by atoms with E-state index in [1.165, 1.54) is 0 Å². The second-order valence-electron chi connectivity index (χ2n) is 3.40. The van der Waals surface area contributed by atoms with Gasteiger partial charge in [-0.2, -0.15) is 0 Å². The Kier molecular flexibility index (Phi) is 5.25. The maximum atomic E-state index is 10.1. The molecule has 0 saturated carbocycles. The van der Waals surface area contributed by atoms with Gasteiger partial charge in [0.25, 0.3) is 0 Å². The number of carboxylic acids is 1. The normalized spacial score (nSPS) is 17.6. The first-order valence-electron chi connectivity index (χ1n) is 4.86. The molecule has 0 fully saturated rings. The SMILES string of the molecule is CC1CC(C(=O)O)=NO1.Clc1cccc(Cl)c1. The van der Waals surface area contributed by atoms with Crippen molar-refractivity contribution in [3.63, 3.8) is 0 Å². The smallest absolute Gasteiger partial charge is 0.353 e. The van der Waals surface area contributed by atoms with Crippen LogP contribution in [0.3, 0.4) is 0 Å². The van der Waals surface area contributed by atoms with Crippen LogP contribution in [0.4, 0.5) is 0 Å². The van der Waals surface area contributed by atoms with E-state index in [1.807, 2.05) is 6.07 Å². The summed E-state index contributed by atoms with van der Waals surface area (Å²) in [5.41, 5.74) is 0.113. The van der Waals surface area contributed by atoms with Gasteiger partial charge in [-0.3, -0.25) is 0 Å². The highest BCUT2D eigenvalue weighted by atomic mass is 35.5. The fraction of sp³-hybridized carbons (Fsp3) is 0.273. The van der Waals surface area contributed by atoms with Gasteiger partial charge in [-0.15, -0.1) is 0 Å². The Labute approximate surface area is 109 Å². The molecule has 0 aliphatic carbocycles. The summed E-state index contributed by atoms with van der Waals surface area (Å²) >= 11 is 11.1. The number of rotatable bonds is 1. The summed E-state index contributed by atoms with van der Waals surface area (Å²) in [6.07, 6.45) is 0.339. The summed E-state index contributed by atoms with van der Waals surface area (Å²) in [5.74, 6) is -0.987. The maximum Gasteiger partial charge on any atom is 0.353 e. The minimum atomic E-state index is -0.987. The van der Waals surface area contributed by atoms with Crippen molar-refractivity contribution in [2.75, 3.05) is 0 Å². The number of oxime groups is 1. The predicted molar refractivity (Wildman–Crippen MR) is 66.7 cm³/mol. The van der Waals surface area contributed by atoms with Crippen molar-refractivity contribution in [3.8, 4) is 0 Å². The number of hydrogen-bond donors (Lipinski definition) is 1. The van der Waals surface area contributed by atoms with E-state index in [4.69, 9.17) is 28.3 Å². The lowest BCUT2D eigenvalue weighted by Gasteiger charge is -1.93. The van der Waals surface area contributed by atoms with Gasteiger partial charge in [-0.05, 0) is 25.1 Å². The Hall–Kier alpha value is -1.26. The molecule has 1 aliphatic rings. The van der Waals surface area contributed by atoms with E-state index in [-0.39, 0.29) is 11.8 Å². The molecule has 1 aromatic carbocycles. The van der Waals surface area contributed by atoms with E-state index < -0.39 is 5.97 Å². The molecule has 1 N–H and O–H groups in total. The molecular formula is C11H11Cl2NO3. The summed E-state index contributed by atoms with van der Waals surface area (Å²) in [7, 11) is 0. The highest BCUT2D eigenvalue weighted by molar-refractivity contribution is 6.35. The first kappa shape index (κ1) is 13.8. The third-order valence-corrected chi connectivity index (χ3v) is 2.33. The average molecular weight is 276 g/mol. The van der Waals surface area contributed by atoms with Crippen LogP contribution in [-0.4, -0.2) is 22.9 Å². The zero-order chi connectivity index (χ0) is 12.8. The zero-order valence-corrected chi connectivity index (χ0v) is 10.6. The molecule has 17 heavy (non-hydrogen) atoms. The Bertz CT molecular complexity index is 417. The Morgan fingerprint density at radius 1 is 1.47 bits per heavy atom. The van der Waals surface area contributed by atoms with Gasteiger partial charge in [0.05, 0.1) is 0 Å². The summed E-state index contributed by atoms with van der Waals surface area (Å²) in [6.45, 7) is 1.78. The van der Waals surface area contributed by atoms with Gasteiger partial charge in [0.2, 0.25) is 0 Å². The highest BCUT2D eigenvalue weighted by Gasteiger charge is 2.21. The van der Waals surface area contributed by atoms with Gasteiger partial charge in [0, 0.05) is 16.5 Å². The second-order valence-corrected chi connectivity index (χ2v) is 4.28. The molecule has 2 rings (SSSR count). The van der Waals surface area contributed by atoms with Crippen molar-refractivity contribution in [1.29, 1.82) is 0 Å². The van der Waals surface area contributed by atoms with E-state index in [1.54, 1.807) is 25.1 Å². The molecule has 0 saturated heterocycles. The third-order valence-electron chi connectivity index (χ3n) is 1.86. The van der Waals surface area contributed by atoms with Gasteiger partial charge >= 0.3 is 5.97 Å². The molecule has 1 unspecified atom stereocenters. The van der Waals surface area contributed by atoms with E-state index >= 15 is 0 Å². The molecule has 92 valence electrons. The monoisotopic (exact) mass is 275 g/mol. The Morgan fingerprint density at radius 3 is 2.29 bits per heavy atom. The van der Waals surface area contributed by atoms with Crippen LogP contribution in [0.1, 0.15) is 13.3 Å². The number of hydrogen-bond acceptors (Lipinski definition) is 3. The van der Waals surface area contributed by atoms with Crippen molar-refractivity contribution in [2.24, 2.45) is 5.16 Å². The summed E-state index contributed by atoms with van der Waals surface area (Å²) in [4.78, 5) is 14.8. The van der Waals surface area contributed by atoms with Crippen LogP contribution in [0, 0.1) is 0 Å². The van der Waals surface area contributed by atoms with Gasteiger partial charge < -0.3 is 9.94 Å². The van der Waals surface area contributed by atoms with Crippen molar-refractivity contribution in [3.05, 3.63) is 34.3 Å². The average Bonchev–Trinajstić information content (AvgIpc) is 2.65. The zero-order valence-electron chi connectivity index (χ0n) is 9.06. The molecule has 1 aliphatic heterocycles. The fourth-order valence-electron chi connectivity index (χ4n) is 1.09. The number of nitrogens with zero attached hydrogens (tertiary/aromatic N) is 1. The molecule has 4 nitrogen and oxygen atoms in total. The molecule has 1 aromatic rings. The van der Waals surface area contributed by atoms with Crippen molar-refractivity contribution >= 4 is 34.9 Å². The fourth-order valence-corrected chi connectivity index (χ4v) is 1.52. The Balaban J connectivity index is 0.000000171. The molecule has 0 radical (unpaired) electrons. The molecule has 0 bridgehead atoms. The molecule has 0 aromatic heterocycles. The van der Waals surface area contributed by atoms with Crippen molar-refractivity contribution in [1.82, 2.24) is 0 Å². The first-order valence-corrected chi connectivity index (χ1v) is 5.61. The Morgan fingerprint density at radius 2 is 2.06 bits per heavy atom. The second kappa shape index (κ2) is 6.47. The van der Waals surface area contributed by atoms with Gasteiger partial charge in [0.15, 0.2) is 5.71 Å². The number of aliphatic carboxylic acids is 1. The van der Waals surface area contributed by atoms with Crippen LogP contribution in [-0.2, 0) is 9.63 Å². The van der Waals surface area contributed by atoms with Crippen LogP contribution in [0.25, 0.3) is 0 Å². The van der Waals surface area contributed by atoms with Crippen LogP contribution in [0.2, 0.25) is 10.0 Å². The largest absolute Gasteiger partial charge is 0.477 e. The molecule has 1 heterocycles. The van der Waals surface area contributed by atoms with Crippen molar-refractivity contribution < 1.29 is 14.7 Å². The lowest BCUT2D eigenvalue weighted by atomic mass is 10.2. The predicted octanol–water partition coefficient (Wildman–Crippen LogP) is 3.23. The van der Waals surface area contributed by atoms with E-state index in [2.05, 4.69) is 9.99 Å². The first-order chi connectivity index (χ1) is 7.99. The van der Waals surface area contributed by atoms with E-state index in [9.17, 15) is 4.79 Å². The molecule has 0 amide bonds. The van der Waals surface area contributed by atoms with Crippen LogP contribution in [0.5, 0.6) is 0 Å². The molecule has 1 atom stereocenters. The van der Waals surface area contributed by atoms with Crippen LogP contribution in [0.15, 0.2) is 29.4 Å². The third kappa shape index (κ3) is 5.06. The summed E-state index contributed by atoms with van der Waals surface area (Å²) in [5, 5.41) is 13.0. The summed E-state index contributed by atoms with van der Waals surface area (Å²) in [6, 6.07) is 7.08. The highest BCUT2D eigenvalue weighted by Crippen LogP contribution is 2.14. The molecule has 6 heteroatoms. The minimum Gasteiger partial charge on any atom is -0.477 e. The van der Waals surface area contributed by atoms with Crippen LogP contribution < -0.4 is 0 Å². The number of carbonyl (C=O) groups is 1. The van der Waals surface area contributed by atoms with Crippen molar-refractivity contribution in [2.45, 2.75) is 19.4 Å². The van der Waals surface area contributed by atoms with E-state index in [0.717, 1.165) is 0 Å². The lowest BCUT2D eigenvalue weighted by molar-refractivity contribution is -0.129. The number of halogens is 2. The van der Waals surface area contributed by atoms with Gasteiger partial charge in [0.1, 0.15) is 6.10 Å². The lowest BCUT2D eigenvalue weighted by Crippen LogP contribution is -2.12. The van der Waals surface area contributed by atoms with Gasteiger partial charge in [-0.1, -0.05) is 34.4 Å². The topological polar surface area (TPSA) is 58.9 Å². The minimum absolute atomic E-state index is 0.0731. The molecular weight excluding hydrogens is 265 g/mol. The van der Waals surface area contributed by atoms with Crippen LogP contribution >= 0.6 is 23.2 Å². The maximum absolute atomic E-state index is 10.1. The summed E-state index contributed by atoms with van der Waals surface area (Å²) < 4.78 is 0. The number of carboxylic acid groups (broad SMARTS) is 1.